The highest BCUT2D eigenvalue weighted by atomic mass is 32.1. The molecule has 24 nitrogen and oxygen atoms in total. The summed E-state index contributed by atoms with van der Waals surface area (Å²) in [5.74, 6) is -3.61. The number of methoxy groups -OCH3 is 2. The van der Waals surface area contributed by atoms with E-state index in [9.17, 15) is 42.6 Å². The SMILES string of the molecule is C.CCCC(=O)OCN(C(=O)[C@@H](N=[N+]=[N-])C(C)CC)[C@H](C[C@@H](C)c1nc(C(=O)OC)cs1)C(C)C.CCCC(=O)OCN(C(=O)[C@@H](NC(=O)C1CCCCN1C)C(C)CC)[C@H](C[C@@H](C)c1nc(C(=O)OC)cs1)C(C)C.CN1CCCCC1C(=O)O.OPPF. The topological polar surface area (TPSA) is 313 Å². The molecule has 2 aromatic rings. The molecule has 3 N–H and O–H groups in total. The Bertz CT molecular complexity index is 2530. The fraction of sp³-hybridized carbons (Fsp3) is 0.770. The highest BCUT2D eigenvalue weighted by Gasteiger charge is 2.39. The Morgan fingerprint density at radius 2 is 1.13 bits per heavy atom. The maximum atomic E-state index is 14.3. The zero-order valence-corrected chi connectivity index (χ0v) is 59.0. The van der Waals surface area contributed by atoms with E-state index in [4.69, 9.17) is 34.5 Å². The summed E-state index contributed by atoms with van der Waals surface area (Å²) in [4.78, 5) is 127. The Hall–Kier alpha value is -5.00. The number of rotatable bonds is 31. The molecule has 2 aliphatic heterocycles. The maximum Gasteiger partial charge on any atom is 0.357 e. The summed E-state index contributed by atoms with van der Waals surface area (Å²) in [5, 5.41) is 20.4. The Morgan fingerprint density at radius 1 is 0.722 bits per heavy atom. The maximum absolute atomic E-state index is 14.3. The van der Waals surface area contributed by atoms with Gasteiger partial charge in [-0.2, -0.15) is 0 Å². The number of piperidine rings is 2. The van der Waals surface area contributed by atoms with Crippen molar-refractivity contribution in [1.29, 1.82) is 0 Å². The summed E-state index contributed by atoms with van der Waals surface area (Å²) in [6.45, 7) is 24.9. The van der Waals surface area contributed by atoms with E-state index in [0.29, 0.717) is 38.5 Å². The number of likely N-dealkylation sites (N-methyl/N-ethyl adjacent to an activating group) is 2. The number of halogens is 1. The first-order valence-corrected chi connectivity index (χ1v) is 35.5. The lowest BCUT2D eigenvalue weighted by Gasteiger charge is -2.39. The molecule has 0 aromatic carbocycles. The van der Waals surface area contributed by atoms with Gasteiger partial charge in [0.1, 0.15) is 26.7 Å². The molecule has 90 heavy (non-hydrogen) atoms. The van der Waals surface area contributed by atoms with Gasteiger partial charge in [0.15, 0.2) is 24.8 Å². The number of azide groups is 1. The number of thiazole rings is 2. The zero-order valence-electron chi connectivity index (χ0n) is 55.3. The van der Waals surface area contributed by atoms with Gasteiger partial charge in [-0.15, -0.1) is 22.7 Å². The van der Waals surface area contributed by atoms with Gasteiger partial charge >= 0.3 is 29.8 Å². The van der Waals surface area contributed by atoms with Crippen LogP contribution in [0.2, 0.25) is 0 Å². The number of aliphatic carboxylic acids is 1. The molecule has 2 fully saturated rings. The predicted octanol–water partition coefficient (Wildman–Crippen LogP) is 12.1. The van der Waals surface area contributed by atoms with Crippen molar-refractivity contribution >= 4 is 87.3 Å². The molecule has 4 rings (SSSR count). The summed E-state index contributed by atoms with van der Waals surface area (Å²) < 4.78 is 31.1. The van der Waals surface area contributed by atoms with E-state index in [1.165, 1.54) is 41.8 Å². The van der Waals surface area contributed by atoms with Crippen molar-refractivity contribution in [1.82, 2.24) is 34.9 Å². The van der Waals surface area contributed by atoms with Gasteiger partial charge in [-0.25, -0.2) is 23.8 Å². The number of carboxylic acid groups (broad SMARTS) is 1. The average Bonchev–Trinajstić information content (AvgIpc) is 1.13. The first-order chi connectivity index (χ1) is 42.2. The Morgan fingerprint density at radius 3 is 1.47 bits per heavy atom. The fourth-order valence-corrected chi connectivity index (χ4v) is 11.8. The molecule has 0 spiro atoms. The van der Waals surface area contributed by atoms with E-state index in [2.05, 4.69) is 30.2 Å². The minimum absolute atomic E-state index is 0. The molecule has 0 radical (unpaired) electrons. The molecule has 2 aromatic heterocycles. The first kappa shape index (κ1) is 85.0. The first-order valence-electron chi connectivity index (χ1n) is 30.9. The molecule has 0 saturated carbocycles. The Balaban J connectivity index is 0.00000145. The molecule has 2 saturated heterocycles. The number of esters is 4. The highest BCUT2D eigenvalue weighted by molar-refractivity contribution is 8.06. The van der Waals surface area contributed by atoms with Crippen LogP contribution in [0.5, 0.6) is 0 Å². The van der Waals surface area contributed by atoms with E-state index in [0.717, 1.165) is 61.6 Å². The molecule has 3 amide bonds. The monoisotopic (exact) mass is 1350 g/mol. The van der Waals surface area contributed by atoms with E-state index < -0.39 is 47.1 Å². The summed E-state index contributed by atoms with van der Waals surface area (Å²) in [7, 11) is 5.17. The third-order valence-electron chi connectivity index (χ3n) is 16.0. The van der Waals surface area contributed by atoms with E-state index in [1.807, 2.05) is 102 Å². The number of carbonyl (C=O) groups is 8. The molecule has 514 valence electrons. The number of ether oxygens (including phenoxy) is 4. The lowest BCUT2D eigenvalue weighted by Crippen LogP contribution is -2.59. The van der Waals surface area contributed by atoms with Crippen LogP contribution in [0.15, 0.2) is 15.9 Å². The van der Waals surface area contributed by atoms with E-state index in [1.54, 1.807) is 15.7 Å². The van der Waals surface area contributed by atoms with Crippen molar-refractivity contribution in [3.05, 3.63) is 42.6 Å². The number of carbonyl (C=O) groups excluding carboxylic acids is 7. The molecular formula is C61H107FN10O14P2S2. The van der Waals surface area contributed by atoms with Crippen molar-refractivity contribution in [3.8, 4) is 0 Å². The third kappa shape index (κ3) is 28.9. The largest absolute Gasteiger partial charge is 0.480 e. The summed E-state index contributed by atoms with van der Waals surface area (Å²) >= 11 is 2.73. The van der Waals surface area contributed by atoms with Crippen LogP contribution in [-0.4, -0.2) is 178 Å². The Kier molecular flexibility index (Phi) is 43.6. The number of carboxylic acids is 1. The van der Waals surface area contributed by atoms with Crippen molar-refractivity contribution in [3.63, 3.8) is 0 Å². The summed E-state index contributed by atoms with van der Waals surface area (Å²) in [5.41, 5.74) is 9.57. The molecule has 29 heteroatoms. The smallest absolute Gasteiger partial charge is 0.357 e. The van der Waals surface area contributed by atoms with Crippen molar-refractivity contribution < 1.29 is 71.5 Å². The molecule has 12 atom stereocenters. The van der Waals surface area contributed by atoms with Gasteiger partial charge in [0.2, 0.25) is 17.7 Å². The fourth-order valence-electron chi connectivity index (χ4n) is 10.1. The van der Waals surface area contributed by atoms with Gasteiger partial charge in [0, 0.05) is 52.4 Å². The minimum Gasteiger partial charge on any atom is -0.480 e. The van der Waals surface area contributed by atoms with Gasteiger partial charge in [0.25, 0.3) is 0 Å². The van der Waals surface area contributed by atoms with Gasteiger partial charge in [-0.05, 0) is 108 Å². The molecule has 6 unspecified atom stereocenters. The molecular weight excluding hydrogens is 1240 g/mol. The van der Waals surface area contributed by atoms with Crippen LogP contribution < -0.4 is 5.32 Å². The average molecular weight is 1350 g/mol. The second-order valence-corrected chi connectivity index (χ2v) is 26.8. The van der Waals surface area contributed by atoms with Crippen LogP contribution in [0.3, 0.4) is 0 Å². The predicted molar refractivity (Wildman–Crippen MR) is 354 cm³/mol. The van der Waals surface area contributed by atoms with Crippen LogP contribution in [0.25, 0.3) is 10.4 Å². The number of aromatic nitrogens is 2. The number of hydrogen-bond donors (Lipinski definition) is 3. The molecule has 4 heterocycles. The molecule has 2 aliphatic rings. The lowest BCUT2D eigenvalue weighted by atomic mass is 9.90. The Labute approximate surface area is 545 Å². The standard InChI is InChI=1S/C30H50N4O6S.C23H37N5O5S.C7H13NO2.CH4.FH3OP2/c1-9-13-25(35)40-18-34(24(19(3)4)16-21(6)28-31-22(17-41-28)30(38)39-8)29(37)26(20(5)10-2)32-27(36)23-14-11-12-15-33(23)7;1-8-10-19(29)33-13-28(22(30)20(26-27-24)15(5)9-2)18(14(3)4)11-16(6)21-25-17(12-34-21)23(31)32-7;1-8-5-3-2-4-6(8)7(9)10;;1-3-4-2/h17,19-21,23-24,26H,9-16,18H2,1-8H3,(H,32,36);12,14-16,18,20H,8-11,13H2,1-7H3;6H,2-5H2,1H3,(H,9,10);1H4;2-4H/t20?,21-,23?,24-,26+;15?,16-,18-,20+;;;/m11.../s1. The van der Waals surface area contributed by atoms with Gasteiger partial charge in [0.05, 0.1) is 38.8 Å². The number of nitrogens with one attached hydrogen (secondary N) is 1. The van der Waals surface area contributed by atoms with Gasteiger partial charge in [-0.3, -0.25) is 38.6 Å². The lowest BCUT2D eigenvalue weighted by molar-refractivity contribution is -0.160. The molecule has 0 aliphatic carbocycles. The number of amides is 3. The minimum atomic E-state index is -0.901. The molecule has 0 bridgehead atoms. The highest BCUT2D eigenvalue weighted by Crippen LogP contribution is 2.34. The second-order valence-electron chi connectivity index (χ2n) is 23.4. The summed E-state index contributed by atoms with van der Waals surface area (Å²) in [6.07, 6.45) is 10.00. The van der Waals surface area contributed by atoms with Crippen molar-refractivity contribution in [2.75, 3.05) is 54.9 Å². The normalized spacial score (nSPS) is 17.7. The zero-order chi connectivity index (χ0) is 67.5. The van der Waals surface area contributed by atoms with Crippen LogP contribution in [-0.2, 0) is 47.7 Å². The number of likely N-dealkylation sites (tertiary alicyclic amines) is 2. The van der Waals surface area contributed by atoms with Gasteiger partial charge in [-0.1, -0.05) is 121 Å². The van der Waals surface area contributed by atoms with E-state index >= 15 is 0 Å². The van der Waals surface area contributed by atoms with Crippen molar-refractivity contribution in [2.45, 2.75) is 228 Å². The van der Waals surface area contributed by atoms with Crippen LogP contribution in [0, 0.1) is 23.7 Å². The number of nitrogens with zero attached hydrogens (tertiary/aromatic N) is 9. The third-order valence-corrected chi connectivity index (χ3v) is 18.5. The number of hydrogen-bond acceptors (Lipinski definition) is 20. The quantitative estimate of drug-likeness (QED) is 0.0120. The van der Waals surface area contributed by atoms with Gasteiger partial charge < -0.3 is 44.1 Å². The summed E-state index contributed by atoms with van der Waals surface area (Å²) in [6, 6.07) is -2.78. The van der Waals surface area contributed by atoms with Crippen LogP contribution >= 0.6 is 39.7 Å². The second kappa shape index (κ2) is 46.1. The van der Waals surface area contributed by atoms with Crippen LogP contribution in [0.4, 0.5) is 4.20 Å². The van der Waals surface area contributed by atoms with E-state index in [-0.39, 0.29) is 134 Å². The van der Waals surface area contributed by atoms with Crippen LogP contribution in [0.1, 0.15) is 223 Å². The van der Waals surface area contributed by atoms with Crippen molar-refractivity contribution in [2.24, 2.45) is 28.8 Å².